The van der Waals surface area contributed by atoms with Crippen molar-refractivity contribution in [3.63, 3.8) is 0 Å². The first-order valence-electron chi connectivity index (χ1n) is 9.94. The van der Waals surface area contributed by atoms with E-state index in [2.05, 4.69) is 15.6 Å². The molecule has 1 unspecified atom stereocenters. The van der Waals surface area contributed by atoms with Crippen LogP contribution in [0.5, 0.6) is 5.75 Å². The zero-order valence-electron chi connectivity index (χ0n) is 17.5. The second kappa shape index (κ2) is 10.1. The number of hydrogen-bond acceptors (Lipinski definition) is 5. The number of aromatic hydroxyl groups is 1. The summed E-state index contributed by atoms with van der Waals surface area (Å²) in [6.45, 7) is -0.407. The van der Waals surface area contributed by atoms with E-state index in [1.165, 1.54) is 12.1 Å². The average molecular weight is 449 g/mol. The molecule has 3 rings (SSSR count). The molecular formula is C23H23N5O5. The lowest BCUT2D eigenvalue weighted by Gasteiger charge is -2.20. The number of fused-ring (bicyclic) bond motifs is 1. The number of carboxylic acid groups (broad SMARTS) is 1. The number of guanidine groups is 1. The molecule has 1 atom stereocenters. The first-order chi connectivity index (χ1) is 15.7. The van der Waals surface area contributed by atoms with Gasteiger partial charge >= 0.3 is 5.97 Å². The van der Waals surface area contributed by atoms with Crippen LogP contribution in [-0.4, -0.2) is 40.5 Å². The van der Waals surface area contributed by atoms with Crippen LogP contribution in [0.3, 0.4) is 0 Å². The third kappa shape index (κ3) is 5.97. The van der Waals surface area contributed by atoms with Crippen molar-refractivity contribution in [1.29, 1.82) is 0 Å². The molecule has 0 aliphatic carbocycles. The molecule has 8 N–H and O–H groups in total. The highest BCUT2D eigenvalue weighted by Crippen LogP contribution is 2.33. The first kappa shape index (κ1) is 23.1. The van der Waals surface area contributed by atoms with Crippen LogP contribution >= 0.6 is 0 Å². The van der Waals surface area contributed by atoms with Gasteiger partial charge in [-0.25, -0.2) is 4.99 Å². The molecule has 0 aromatic heterocycles. The van der Waals surface area contributed by atoms with Gasteiger partial charge < -0.3 is 32.3 Å². The summed E-state index contributed by atoms with van der Waals surface area (Å²) in [6, 6.07) is 15.5. The number of nitrogens with one attached hydrogen (secondary N) is 2. The van der Waals surface area contributed by atoms with Crippen LogP contribution in [0.4, 0.5) is 5.69 Å². The molecule has 33 heavy (non-hydrogen) atoms. The molecule has 10 nitrogen and oxygen atoms in total. The Morgan fingerprint density at radius 1 is 1.00 bits per heavy atom. The third-order valence-electron chi connectivity index (χ3n) is 4.80. The number of nitrogens with zero attached hydrogens (tertiary/aromatic N) is 1. The molecule has 0 bridgehead atoms. The number of rotatable bonds is 8. The van der Waals surface area contributed by atoms with Crippen molar-refractivity contribution in [3.05, 3.63) is 71.8 Å². The monoisotopic (exact) mass is 449 g/mol. The van der Waals surface area contributed by atoms with Gasteiger partial charge in [-0.1, -0.05) is 42.5 Å². The molecule has 3 aromatic rings. The Balaban J connectivity index is 1.71. The van der Waals surface area contributed by atoms with Crippen molar-refractivity contribution in [3.8, 4) is 5.75 Å². The number of nitrogens with two attached hydrogens (primary N) is 2. The molecule has 0 fully saturated rings. The van der Waals surface area contributed by atoms with Crippen molar-refractivity contribution >= 4 is 40.2 Å². The smallest absolute Gasteiger partial charge is 0.305 e. The van der Waals surface area contributed by atoms with Gasteiger partial charge in [0, 0.05) is 16.5 Å². The van der Waals surface area contributed by atoms with Crippen molar-refractivity contribution in [2.75, 3.05) is 6.54 Å². The average Bonchev–Trinajstić information content (AvgIpc) is 2.77. The Hall–Kier alpha value is -4.60. The van der Waals surface area contributed by atoms with E-state index in [0.29, 0.717) is 11.1 Å². The lowest BCUT2D eigenvalue weighted by atomic mass is 9.98. The lowest BCUT2D eigenvalue weighted by Crippen LogP contribution is -2.39. The number of benzene rings is 3. The Kier molecular flexibility index (Phi) is 7.09. The van der Waals surface area contributed by atoms with Crippen LogP contribution in [0, 0.1) is 0 Å². The molecular weight excluding hydrogens is 426 g/mol. The first-order valence-corrected chi connectivity index (χ1v) is 9.94. The Bertz CT molecular complexity index is 1240. The second-order valence-corrected chi connectivity index (χ2v) is 7.21. The summed E-state index contributed by atoms with van der Waals surface area (Å²) >= 11 is 0. The van der Waals surface area contributed by atoms with Gasteiger partial charge in [-0.3, -0.25) is 14.4 Å². The summed E-state index contributed by atoms with van der Waals surface area (Å²) in [5, 5.41) is 26.3. The molecule has 0 aliphatic heterocycles. The Morgan fingerprint density at radius 3 is 2.48 bits per heavy atom. The number of phenolic OH excluding ortho intramolecular Hbond substituents is 1. The fourth-order valence-corrected chi connectivity index (χ4v) is 3.34. The minimum Gasteiger partial charge on any atom is -0.507 e. The number of amides is 2. The molecule has 0 saturated heterocycles. The standard InChI is InChI=1S/C23H23N5O5/c24-23(25)27-15-6-3-5-14(10-15)22(33)26-12-19(29)28-18(11-20(30)31)17-9-8-13-4-1-2-7-16(13)21(17)32/h1-10,18,32H,11-12H2,(H,26,33)(H,28,29)(H,30,31)(H4,24,25,27). The third-order valence-corrected chi connectivity index (χ3v) is 4.80. The van der Waals surface area contributed by atoms with Crippen molar-refractivity contribution in [2.45, 2.75) is 12.5 Å². The molecule has 0 heterocycles. The van der Waals surface area contributed by atoms with Crippen LogP contribution in [0.15, 0.2) is 65.7 Å². The van der Waals surface area contributed by atoms with Crippen molar-refractivity contribution in [2.24, 2.45) is 16.5 Å². The fourth-order valence-electron chi connectivity index (χ4n) is 3.34. The van der Waals surface area contributed by atoms with Gasteiger partial charge in [0.2, 0.25) is 5.91 Å². The largest absolute Gasteiger partial charge is 0.507 e. The minimum atomic E-state index is -1.16. The maximum absolute atomic E-state index is 12.5. The maximum Gasteiger partial charge on any atom is 0.305 e. The number of hydrogen-bond donors (Lipinski definition) is 6. The van der Waals surface area contributed by atoms with E-state index in [1.54, 1.807) is 42.5 Å². The predicted octanol–water partition coefficient (Wildman–Crippen LogP) is 1.51. The minimum absolute atomic E-state index is 0.111. The van der Waals surface area contributed by atoms with Crippen LogP contribution in [0.25, 0.3) is 10.8 Å². The summed E-state index contributed by atoms with van der Waals surface area (Å²) in [7, 11) is 0. The molecule has 3 aromatic carbocycles. The van der Waals surface area contributed by atoms with E-state index < -0.39 is 36.8 Å². The highest BCUT2D eigenvalue weighted by molar-refractivity contribution is 5.97. The zero-order chi connectivity index (χ0) is 24.0. The van der Waals surface area contributed by atoms with E-state index in [4.69, 9.17) is 11.5 Å². The summed E-state index contributed by atoms with van der Waals surface area (Å²) in [5.74, 6) is -2.59. The molecule has 170 valence electrons. The second-order valence-electron chi connectivity index (χ2n) is 7.21. The van der Waals surface area contributed by atoms with Gasteiger partial charge in [0.15, 0.2) is 5.96 Å². The number of aliphatic carboxylic acids is 1. The quantitative estimate of drug-likeness (QED) is 0.223. The van der Waals surface area contributed by atoms with Crippen molar-refractivity contribution < 1.29 is 24.6 Å². The van der Waals surface area contributed by atoms with E-state index in [-0.39, 0.29) is 22.8 Å². The van der Waals surface area contributed by atoms with Crippen LogP contribution in [0.2, 0.25) is 0 Å². The molecule has 10 heteroatoms. The SMILES string of the molecule is NC(N)=Nc1cccc(C(=O)NCC(=O)NC(CC(=O)O)c2ccc3ccccc3c2O)c1. The normalized spacial score (nSPS) is 11.4. The van der Waals surface area contributed by atoms with Gasteiger partial charge in [-0.05, 0) is 23.6 Å². The van der Waals surface area contributed by atoms with E-state index >= 15 is 0 Å². The summed E-state index contributed by atoms with van der Waals surface area (Å²) in [5.41, 5.74) is 11.5. The molecule has 0 aliphatic rings. The Morgan fingerprint density at radius 2 is 1.76 bits per heavy atom. The number of carbonyl (C=O) groups excluding carboxylic acids is 2. The predicted molar refractivity (Wildman–Crippen MR) is 123 cm³/mol. The number of carboxylic acids is 1. The van der Waals surface area contributed by atoms with E-state index in [9.17, 15) is 24.6 Å². The van der Waals surface area contributed by atoms with Gasteiger partial charge in [0.05, 0.1) is 24.7 Å². The summed E-state index contributed by atoms with van der Waals surface area (Å²) < 4.78 is 0. The molecule has 2 amide bonds. The molecule has 0 saturated carbocycles. The van der Waals surface area contributed by atoms with Gasteiger partial charge in [-0.15, -0.1) is 0 Å². The number of carbonyl (C=O) groups is 3. The summed E-state index contributed by atoms with van der Waals surface area (Å²) in [6.07, 6.45) is -0.452. The topological polar surface area (TPSA) is 180 Å². The van der Waals surface area contributed by atoms with Gasteiger partial charge in [-0.2, -0.15) is 0 Å². The van der Waals surface area contributed by atoms with Crippen LogP contribution < -0.4 is 22.1 Å². The maximum atomic E-state index is 12.5. The highest BCUT2D eigenvalue weighted by Gasteiger charge is 2.22. The molecule has 0 radical (unpaired) electrons. The van der Waals surface area contributed by atoms with Crippen molar-refractivity contribution in [1.82, 2.24) is 10.6 Å². The molecule has 0 spiro atoms. The van der Waals surface area contributed by atoms with Crippen LogP contribution in [-0.2, 0) is 9.59 Å². The van der Waals surface area contributed by atoms with Gasteiger partial charge in [0.25, 0.3) is 5.91 Å². The number of aliphatic imine (C=N–C) groups is 1. The van der Waals surface area contributed by atoms with E-state index in [0.717, 1.165) is 5.39 Å². The zero-order valence-corrected chi connectivity index (χ0v) is 17.5. The van der Waals surface area contributed by atoms with E-state index in [1.807, 2.05) is 6.07 Å². The van der Waals surface area contributed by atoms with Crippen LogP contribution in [0.1, 0.15) is 28.4 Å². The lowest BCUT2D eigenvalue weighted by molar-refractivity contribution is -0.137. The number of phenols is 1. The Labute approximate surface area is 188 Å². The fraction of sp³-hybridized carbons (Fsp3) is 0.130. The van der Waals surface area contributed by atoms with Gasteiger partial charge in [0.1, 0.15) is 5.75 Å². The summed E-state index contributed by atoms with van der Waals surface area (Å²) in [4.78, 5) is 40.1. The highest BCUT2D eigenvalue weighted by atomic mass is 16.4.